The van der Waals surface area contributed by atoms with Crippen molar-refractivity contribution in [2.24, 2.45) is 0 Å². The van der Waals surface area contributed by atoms with Crippen molar-refractivity contribution in [3.8, 4) is 23.0 Å². The van der Waals surface area contributed by atoms with Crippen LogP contribution in [0, 0.1) is 0 Å². The van der Waals surface area contributed by atoms with Gasteiger partial charge in [0.2, 0.25) is 0 Å². The van der Waals surface area contributed by atoms with E-state index in [0.717, 1.165) is 11.3 Å². The van der Waals surface area contributed by atoms with Crippen LogP contribution in [0.2, 0.25) is 0 Å². The summed E-state index contributed by atoms with van der Waals surface area (Å²) in [5.74, 6) is 1.01. The normalized spacial score (nSPS) is 12.2. The zero-order chi connectivity index (χ0) is 23.8. The third kappa shape index (κ3) is 6.64. The number of hydrogen-bond acceptors (Lipinski definition) is 2. The van der Waals surface area contributed by atoms with Gasteiger partial charge in [-0.3, -0.25) is 0 Å². The molecule has 1 atom stereocenters. The molecule has 0 radical (unpaired) electrons. The quantitative estimate of drug-likeness (QED) is 0.247. The number of halogens is 3. The van der Waals surface area contributed by atoms with E-state index in [1.54, 1.807) is 24.3 Å². The van der Waals surface area contributed by atoms with Gasteiger partial charge in [0.15, 0.2) is 0 Å². The first-order valence-corrected chi connectivity index (χ1v) is 11.2. The maximum atomic E-state index is 13.8. The molecule has 34 heavy (non-hydrogen) atoms. The molecule has 0 aromatic heterocycles. The number of alkyl halides is 3. The topological polar surface area (TPSA) is 18.5 Å². The van der Waals surface area contributed by atoms with E-state index in [9.17, 15) is 13.2 Å². The number of hydrogen-bond donors (Lipinski definition) is 0. The molecule has 0 saturated heterocycles. The van der Waals surface area contributed by atoms with E-state index in [0.29, 0.717) is 30.1 Å². The zero-order valence-electron chi connectivity index (χ0n) is 18.5. The predicted octanol–water partition coefficient (Wildman–Crippen LogP) is 8.94. The highest BCUT2D eigenvalue weighted by Gasteiger charge is 2.40. The molecular weight excluding hydrogens is 437 g/mol. The van der Waals surface area contributed by atoms with Gasteiger partial charge < -0.3 is 9.47 Å². The molecule has 5 heteroatoms. The molecule has 2 nitrogen and oxygen atoms in total. The zero-order valence-corrected chi connectivity index (χ0v) is 18.5. The predicted molar refractivity (Wildman–Crippen MR) is 128 cm³/mol. The Kier molecular flexibility index (Phi) is 7.53. The van der Waals surface area contributed by atoms with Gasteiger partial charge in [-0.1, -0.05) is 60.7 Å². The van der Waals surface area contributed by atoms with Crippen LogP contribution < -0.4 is 9.47 Å². The monoisotopic (exact) mass is 462 g/mol. The average Bonchev–Trinajstić information content (AvgIpc) is 2.83. The smallest absolute Gasteiger partial charge is 0.395 e. The van der Waals surface area contributed by atoms with Gasteiger partial charge in [0.1, 0.15) is 23.0 Å². The summed E-state index contributed by atoms with van der Waals surface area (Å²) in [6.07, 6.45) is -3.37. The van der Waals surface area contributed by atoms with E-state index in [1.807, 2.05) is 72.8 Å². The number of para-hydroxylation sites is 2. The fraction of sp³-hybridized carbons (Fsp3) is 0.172. The van der Waals surface area contributed by atoms with Crippen molar-refractivity contribution >= 4 is 0 Å². The largest absolute Gasteiger partial charge is 0.457 e. The van der Waals surface area contributed by atoms with Gasteiger partial charge in [0.05, 0.1) is 5.92 Å². The van der Waals surface area contributed by atoms with Gasteiger partial charge in [-0.05, 0) is 78.9 Å². The third-order valence-electron chi connectivity index (χ3n) is 5.49. The van der Waals surface area contributed by atoms with Gasteiger partial charge in [0.25, 0.3) is 0 Å². The lowest BCUT2D eigenvalue weighted by Crippen LogP contribution is -2.21. The molecule has 0 aliphatic carbocycles. The Morgan fingerprint density at radius 3 is 1.71 bits per heavy atom. The van der Waals surface area contributed by atoms with Gasteiger partial charge >= 0.3 is 6.18 Å². The fourth-order valence-corrected chi connectivity index (χ4v) is 3.81. The SMILES string of the molecule is FC(F)(F)C(CCCc1cccc(Oc2ccccc2)c1)c1ccc(Oc2ccccc2)cc1. The summed E-state index contributed by atoms with van der Waals surface area (Å²) in [6.45, 7) is 0. The van der Waals surface area contributed by atoms with E-state index in [2.05, 4.69) is 0 Å². The fourth-order valence-electron chi connectivity index (χ4n) is 3.81. The van der Waals surface area contributed by atoms with Crippen molar-refractivity contribution < 1.29 is 22.6 Å². The lowest BCUT2D eigenvalue weighted by atomic mass is 9.92. The second kappa shape index (κ2) is 10.9. The summed E-state index contributed by atoms with van der Waals surface area (Å²) in [4.78, 5) is 0. The van der Waals surface area contributed by atoms with Crippen LogP contribution in [0.3, 0.4) is 0 Å². The Labute approximate surface area is 197 Å². The van der Waals surface area contributed by atoms with Crippen LogP contribution in [0.1, 0.15) is 29.9 Å². The highest BCUT2D eigenvalue weighted by molar-refractivity contribution is 5.35. The first-order chi connectivity index (χ1) is 16.5. The maximum absolute atomic E-state index is 13.8. The second-order valence-corrected chi connectivity index (χ2v) is 8.03. The third-order valence-corrected chi connectivity index (χ3v) is 5.49. The van der Waals surface area contributed by atoms with Crippen LogP contribution in [-0.2, 0) is 6.42 Å². The Balaban J connectivity index is 1.37. The molecule has 174 valence electrons. The Morgan fingerprint density at radius 2 is 1.12 bits per heavy atom. The summed E-state index contributed by atoms with van der Waals surface area (Å²) in [6, 6.07) is 32.2. The molecule has 0 heterocycles. The summed E-state index contributed by atoms with van der Waals surface area (Å²) >= 11 is 0. The lowest BCUT2D eigenvalue weighted by Gasteiger charge is -2.21. The highest BCUT2D eigenvalue weighted by atomic mass is 19.4. The molecule has 0 aliphatic heterocycles. The van der Waals surface area contributed by atoms with Crippen molar-refractivity contribution in [2.45, 2.75) is 31.4 Å². The average molecular weight is 463 g/mol. The van der Waals surface area contributed by atoms with E-state index in [4.69, 9.17) is 9.47 Å². The molecular formula is C29H25F3O2. The molecule has 1 unspecified atom stereocenters. The standard InChI is InChI=1S/C29H25F3O2/c30-29(31,32)28(23-17-19-26(20-18-23)33-24-11-3-1-4-12-24)16-8-10-22-9-7-15-27(21-22)34-25-13-5-2-6-14-25/h1-7,9,11-15,17-21,28H,8,10,16H2. The molecule has 4 rings (SSSR count). The molecule has 0 saturated carbocycles. The van der Waals surface area contributed by atoms with Crippen molar-refractivity contribution in [2.75, 3.05) is 0 Å². The molecule has 0 aliphatic rings. The van der Waals surface area contributed by atoms with Gasteiger partial charge in [-0.2, -0.15) is 13.2 Å². The van der Waals surface area contributed by atoms with Crippen molar-refractivity contribution in [1.82, 2.24) is 0 Å². The highest BCUT2D eigenvalue weighted by Crippen LogP contribution is 2.39. The Hall–Kier alpha value is -3.73. The van der Waals surface area contributed by atoms with Crippen molar-refractivity contribution in [3.05, 3.63) is 120 Å². The molecule has 0 amide bonds. The Morgan fingerprint density at radius 1 is 0.588 bits per heavy atom. The summed E-state index contributed by atoms with van der Waals surface area (Å²) < 4.78 is 53.0. The van der Waals surface area contributed by atoms with Crippen molar-refractivity contribution in [1.29, 1.82) is 0 Å². The molecule has 4 aromatic rings. The molecule has 0 N–H and O–H groups in total. The summed E-state index contributed by atoms with van der Waals surface area (Å²) in [7, 11) is 0. The minimum absolute atomic E-state index is 0.00611. The van der Waals surface area contributed by atoms with Crippen LogP contribution >= 0.6 is 0 Å². The summed E-state index contributed by atoms with van der Waals surface area (Å²) in [5, 5.41) is 0. The van der Waals surface area contributed by atoms with E-state index < -0.39 is 12.1 Å². The lowest BCUT2D eigenvalue weighted by molar-refractivity contribution is -0.152. The summed E-state index contributed by atoms with van der Waals surface area (Å²) in [5.41, 5.74) is 1.19. The van der Waals surface area contributed by atoms with Gasteiger partial charge in [-0.15, -0.1) is 0 Å². The van der Waals surface area contributed by atoms with Crippen LogP contribution in [0.15, 0.2) is 109 Å². The van der Waals surface area contributed by atoms with Crippen molar-refractivity contribution in [3.63, 3.8) is 0 Å². The molecule has 0 bridgehead atoms. The number of benzene rings is 4. The van der Waals surface area contributed by atoms with Crippen LogP contribution in [0.5, 0.6) is 23.0 Å². The maximum Gasteiger partial charge on any atom is 0.395 e. The minimum atomic E-state index is -4.32. The molecule has 0 spiro atoms. The van der Waals surface area contributed by atoms with Crippen LogP contribution in [0.4, 0.5) is 13.2 Å². The molecule has 4 aromatic carbocycles. The minimum Gasteiger partial charge on any atom is -0.457 e. The van der Waals surface area contributed by atoms with E-state index in [1.165, 1.54) is 12.1 Å². The first-order valence-electron chi connectivity index (χ1n) is 11.2. The molecule has 0 fully saturated rings. The number of aryl methyl sites for hydroxylation is 1. The van der Waals surface area contributed by atoms with Crippen LogP contribution in [-0.4, -0.2) is 6.18 Å². The number of ether oxygens (including phenoxy) is 2. The Bertz CT molecular complexity index is 1160. The van der Waals surface area contributed by atoms with E-state index >= 15 is 0 Å². The van der Waals surface area contributed by atoms with Gasteiger partial charge in [-0.25, -0.2) is 0 Å². The van der Waals surface area contributed by atoms with E-state index in [-0.39, 0.29) is 12.0 Å². The first kappa shape index (κ1) is 23.4. The van der Waals surface area contributed by atoms with Crippen LogP contribution in [0.25, 0.3) is 0 Å². The van der Waals surface area contributed by atoms with Gasteiger partial charge in [0, 0.05) is 0 Å². The number of rotatable bonds is 9. The second-order valence-electron chi connectivity index (χ2n) is 8.03.